The van der Waals surface area contributed by atoms with Crippen molar-refractivity contribution in [2.75, 3.05) is 25.7 Å². The van der Waals surface area contributed by atoms with Crippen molar-refractivity contribution >= 4 is 17.7 Å². The molecule has 3 nitrogen and oxygen atoms in total. The Balaban J connectivity index is 3.13. The van der Waals surface area contributed by atoms with Crippen LogP contribution in [0.2, 0.25) is 0 Å². The fourth-order valence-electron chi connectivity index (χ4n) is 0.929. The van der Waals surface area contributed by atoms with Gasteiger partial charge in [-0.3, -0.25) is 0 Å². The summed E-state index contributed by atoms with van der Waals surface area (Å²) >= 11 is 1.88. The maximum absolute atomic E-state index is 10.6. The molecule has 0 unspecified atom stereocenters. The number of methoxy groups -OCH3 is 1. The van der Waals surface area contributed by atoms with Crippen molar-refractivity contribution in [1.82, 2.24) is 5.32 Å². The molecule has 82 valence electrons. The normalized spacial score (nSPS) is 10.4. The van der Waals surface area contributed by atoms with Crippen molar-refractivity contribution < 1.29 is 9.53 Å². The van der Waals surface area contributed by atoms with Gasteiger partial charge in [0.1, 0.15) is 0 Å². The first kappa shape index (κ1) is 13.4. The molecule has 0 spiro atoms. The van der Waals surface area contributed by atoms with E-state index < -0.39 is 0 Å². The molecule has 0 atom stereocenters. The van der Waals surface area contributed by atoms with E-state index >= 15 is 0 Å². The van der Waals surface area contributed by atoms with Crippen molar-refractivity contribution in [3.63, 3.8) is 0 Å². The first-order valence-electron chi connectivity index (χ1n) is 4.78. The van der Waals surface area contributed by atoms with Gasteiger partial charge in [0.2, 0.25) is 0 Å². The van der Waals surface area contributed by atoms with E-state index in [0.717, 1.165) is 13.0 Å². The summed E-state index contributed by atoms with van der Waals surface area (Å²) in [5.74, 6) is 0.915. The number of hydrogen-bond donors (Lipinski definition) is 1. The zero-order valence-corrected chi connectivity index (χ0v) is 9.73. The highest BCUT2D eigenvalue weighted by atomic mass is 32.2. The molecule has 0 aromatic rings. The molecule has 0 aliphatic heterocycles. The Morgan fingerprint density at radius 2 is 2.21 bits per heavy atom. The van der Waals surface area contributed by atoms with Gasteiger partial charge in [0.25, 0.3) is 0 Å². The summed E-state index contributed by atoms with van der Waals surface area (Å²) in [4.78, 5) is 10.6. The number of hydrogen-bond acceptors (Lipinski definition) is 4. The van der Waals surface area contributed by atoms with Crippen molar-refractivity contribution in [1.29, 1.82) is 0 Å². The molecule has 0 bridgehead atoms. The second kappa shape index (κ2) is 10.4. The lowest BCUT2D eigenvalue weighted by molar-refractivity contribution is -0.134. The highest BCUT2D eigenvalue weighted by Crippen LogP contribution is 2.00. The maximum Gasteiger partial charge on any atom is 0.331 e. The molecular weight excluding hydrogens is 198 g/mol. The van der Waals surface area contributed by atoms with Gasteiger partial charge >= 0.3 is 5.97 Å². The van der Waals surface area contributed by atoms with Crippen molar-refractivity contribution in [3.05, 3.63) is 12.3 Å². The number of carbonyl (C=O) groups is 1. The van der Waals surface area contributed by atoms with Crippen LogP contribution in [0.1, 0.15) is 19.3 Å². The molecule has 14 heavy (non-hydrogen) atoms. The maximum atomic E-state index is 10.6. The molecule has 0 aromatic heterocycles. The van der Waals surface area contributed by atoms with Gasteiger partial charge in [0.05, 0.1) is 7.11 Å². The minimum absolute atomic E-state index is 0.320. The molecule has 0 fully saturated rings. The number of nitrogens with one attached hydrogen (secondary N) is 1. The van der Waals surface area contributed by atoms with Crippen LogP contribution in [0.5, 0.6) is 0 Å². The van der Waals surface area contributed by atoms with E-state index in [4.69, 9.17) is 0 Å². The largest absolute Gasteiger partial charge is 0.466 e. The summed E-state index contributed by atoms with van der Waals surface area (Å²) in [5, 5.41) is 3.04. The molecule has 4 heteroatoms. The average molecular weight is 217 g/mol. The molecule has 0 heterocycles. The highest BCUT2D eigenvalue weighted by Gasteiger charge is 1.89. The average Bonchev–Trinajstić information content (AvgIpc) is 2.21. The lowest BCUT2D eigenvalue weighted by Gasteiger charge is -2.00. The van der Waals surface area contributed by atoms with Crippen molar-refractivity contribution in [3.8, 4) is 0 Å². The second-order valence-electron chi connectivity index (χ2n) is 2.86. The standard InChI is InChI=1S/C10H19NO2S/c1-13-10(12)6-8-11-7-4-3-5-9-14-2/h6,8,11H,3-5,7,9H2,1-2H3/b8-6+. The van der Waals surface area contributed by atoms with Crippen LogP contribution in [0.25, 0.3) is 0 Å². The molecule has 0 aliphatic carbocycles. The van der Waals surface area contributed by atoms with Gasteiger partial charge < -0.3 is 10.1 Å². The van der Waals surface area contributed by atoms with Crippen LogP contribution in [0.4, 0.5) is 0 Å². The Labute approximate surface area is 90.3 Å². The fourth-order valence-corrected chi connectivity index (χ4v) is 1.42. The molecule has 0 radical (unpaired) electrons. The topological polar surface area (TPSA) is 38.3 Å². The fraction of sp³-hybridized carbons (Fsp3) is 0.700. The van der Waals surface area contributed by atoms with Crippen LogP contribution in [-0.2, 0) is 9.53 Å². The first-order chi connectivity index (χ1) is 6.81. The SMILES string of the molecule is COC(=O)/C=C/NCCCCCSC. The lowest BCUT2D eigenvalue weighted by Crippen LogP contribution is -2.08. The summed E-state index contributed by atoms with van der Waals surface area (Å²) < 4.78 is 4.44. The second-order valence-corrected chi connectivity index (χ2v) is 3.85. The Hall–Kier alpha value is -0.640. The Bertz CT molecular complexity index is 172. The zero-order valence-electron chi connectivity index (χ0n) is 8.91. The van der Waals surface area contributed by atoms with Crippen LogP contribution >= 0.6 is 11.8 Å². The molecule has 0 saturated carbocycles. The lowest BCUT2D eigenvalue weighted by atomic mass is 10.2. The smallest absolute Gasteiger partial charge is 0.331 e. The number of ether oxygens (including phenoxy) is 1. The third-order valence-corrected chi connectivity index (χ3v) is 2.40. The van der Waals surface area contributed by atoms with E-state index in [-0.39, 0.29) is 5.97 Å². The number of esters is 1. The summed E-state index contributed by atoms with van der Waals surface area (Å²) in [7, 11) is 1.37. The number of thioether (sulfide) groups is 1. The van der Waals surface area contributed by atoms with E-state index in [0.29, 0.717) is 0 Å². The first-order valence-corrected chi connectivity index (χ1v) is 6.17. The third kappa shape index (κ3) is 9.45. The van der Waals surface area contributed by atoms with Crippen molar-refractivity contribution in [2.24, 2.45) is 0 Å². The molecule has 0 saturated heterocycles. The summed E-state index contributed by atoms with van der Waals surface area (Å²) in [6.45, 7) is 0.919. The molecule has 1 N–H and O–H groups in total. The molecule has 0 aromatic carbocycles. The van der Waals surface area contributed by atoms with Crippen LogP contribution in [-0.4, -0.2) is 31.6 Å². The third-order valence-electron chi connectivity index (χ3n) is 1.71. The Kier molecular flexibility index (Phi) is 9.96. The van der Waals surface area contributed by atoms with E-state index in [2.05, 4.69) is 16.3 Å². The Morgan fingerprint density at radius 3 is 2.86 bits per heavy atom. The van der Waals surface area contributed by atoms with Crippen LogP contribution < -0.4 is 5.32 Å². The predicted octanol–water partition coefficient (Wildman–Crippen LogP) is 1.80. The van der Waals surface area contributed by atoms with E-state index in [1.54, 1.807) is 6.20 Å². The monoisotopic (exact) mass is 217 g/mol. The number of carbonyl (C=O) groups excluding carboxylic acids is 1. The minimum atomic E-state index is -0.320. The highest BCUT2D eigenvalue weighted by molar-refractivity contribution is 7.98. The summed E-state index contributed by atoms with van der Waals surface area (Å²) in [6.07, 6.45) is 8.80. The Morgan fingerprint density at radius 1 is 1.43 bits per heavy atom. The summed E-state index contributed by atoms with van der Waals surface area (Å²) in [5.41, 5.74) is 0. The van der Waals surface area contributed by atoms with Crippen LogP contribution in [0, 0.1) is 0 Å². The van der Waals surface area contributed by atoms with E-state index in [1.807, 2.05) is 11.8 Å². The van der Waals surface area contributed by atoms with Crippen molar-refractivity contribution in [2.45, 2.75) is 19.3 Å². The van der Waals surface area contributed by atoms with E-state index in [1.165, 1.54) is 31.8 Å². The van der Waals surface area contributed by atoms with Gasteiger partial charge in [-0.1, -0.05) is 6.42 Å². The van der Waals surface area contributed by atoms with Gasteiger partial charge in [-0.15, -0.1) is 0 Å². The predicted molar refractivity (Wildman–Crippen MR) is 61.4 cm³/mol. The number of unbranched alkanes of at least 4 members (excludes halogenated alkanes) is 2. The van der Waals surface area contributed by atoms with E-state index in [9.17, 15) is 4.79 Å². The van der Waals surface area contributed by atoms with Gasteiger partial charge in [-0.05, 0) is 24.9 Å². The number of rotatable bonds is 8. The van der Waals surface area contributed by atoms with Crippen LogP contribution in [0.3, 0.4) is 0 Å². The van der Waals surface area contributed by atoms with Gasteiger partial charge in [-0.2, -0.15) is 11.8 Å². The molecule has 0 amide bonds. The molecular formula is C10H19NO2S. The van der Waals surface area contributed by atoms with Gasteiger partial charge in [0.15, 0.2) is 0 Å². The van der Waals surface area contributed by atoms with Gasteiger partial charge in [0, 0.05) is 18.8 Å². The molecule has 0 rings (SSSR count). The molecule has 0 aliphatic rings. The van der Waals surface area contributed by atoms with Gasteiger partial charge in [-0.25, -0.2) is 4.79 Å². The minimum Gasteiger partial charge on any atom is -0.466 e. The van der Waals surface area contributed by atoms with Crippen LogP contribution in [0.15, 0.2) is 12.3 Å². The zero-order chi connectivity index (χ0) is 10.6. The summed E-state index contributed by atoms with van der Waals surface area (Å²) in [6, 6.07) is 0. The quantitative estimate of drug-likeness (QED) is 0.382.